The minimum atomic E-state index is -0.916. The Labute approximate surface area is 135 Å². The topological polar surface area (TPSA) is 55.1 Å². The number of carboxylic acid groups (broad SMARTS) is 1. The predicted octanol–water partition coefficient (Wildman–Crippen LogP) is 3.76. The Morgan fingerprint density at radius 1 is 1.57 bits per heavy atom. The standard InChI is InChI=1S/C13H14ClFN2O2S2/c1-7(20-2)5-17-11-4-9(15)8(14)3-10(11)16-13(17)21-6-12(18)19/h3-4,7H,5-6H2,1-2H3,(H,18,19). The van der Waals surface area contributed by atoms with Crippen LogP contribution in [-0.4, -0.2) is 37.9 Å². The van der Waals surface area contributed by atoms with Gasteiger partial charge in [0.15, 0.2) is 5.16 Å². The summed E-state index contributed by atoms with van der Waals surface area (Å²) in [4.78, 5) is 15.1. The van der Waals surface area contributed by atoms with Crippen LogP contribution < -0.4 is 0 Å². The summed E-state index contributed by atoms with van der Waals surface area (Å²) < 4.78 is 15.5. The molecule has 0 aliphatic rings. The maximum atomic E-state index is 13.7. The van der Waals surface area contributed by atoms with Crippen LogP contribution in [0.25, 0.3) is 11.0 Å². The van der Waals surface area contributed by atoms with Crippen molar-refractivity contribution in [3.05, 3.63) is 23.0 Å². The monoisotopic (exact) mass is 348 g/mol. The van der Waals surface area contributed by atoms with Gasteiger partial charge < -0.3 is 9.67 Å². The van der Waals surface area contributed by atoms with Crippen LogP contribution in [0.5, 0.6) is 0 Å². The normalized spacial score (nSPS) is 12.8. The third-order valence-electron chi connectivity index (χ3n) is 2.92. The molecule has 1 aromatic heterocycles. The molecule has 21 heavy (non-hydrogen) atoms. The smallest absolute Gasteiger partial charge is 0.313 e. The maximum Gasteiger partial charge on any atom is 0.313 e. The zero-order valence-electron chi connectivity index (χ0n) is 11.5. The molecule has 0 aliphatic heterocycles. The van der Waals surface area contributed by atoms with Gasteiger partial charge in [0.2, 0.25) is 0 Å². The minimum Gasteiger partial charge on any atom is -0.481 e. The summed E-state index contributed by atoms with van der Waals surface area (Å²) >= 11 is 8.58. The number of hydrogen-bond acceptors (Lipinski definition) is 4. The largest absolute Gasteiger partial charge is 0.481 e. The van der Waals surface area contributed by atoms with Gasteiger partial charge >= 0.3 is 5.97 Å². The first kappa shape index (κ1) is 16.5. The van der Waals surface area contributed by atoms with Gasteiger partial charge in [-0.3, -0.25) is 4.79 Å². The van der Waals surface area contributed by atoms with Gasteiger partial charge in [-0.25, -0.2) is 9.37 Å². The second-order valence-corrected chi connectivity index (χ2v) is 7.11. The molecule has 1 aromatic carbocycles. The highest BCUT2D eigenvalue weighted by atomic mass is 35.5. The van der Waals surface area contributed by atoms with Gasteiger partial charge in [0.1, 0.15) is 5.82 Å². The second kappa shape index (κ2) is 6.89. The van der Waals surface area contributed by atoms with E-state index in [2.05, 4.69) is 11.9 Å². The molecule has 1 N–H and O–H groups in total. The number of aromatic nitrogens is 2. The van der Waals surface area contributed by atoms with E-state index >= 15 is 0 Å². The van der Waals surface area contributed by atoms with Crippen molar-refractivity contribution in [3.8, 4) is 0 Å². The lowest BCUT2D eigenvalue weighted by Crippen LogP contribution is -2.11. The van der Waals surface area contributed by atoms with E-state index in [9.17, 15) is 9.18 Å². The van der Waals surface area contributed by atoms with E-state index in [-0.39, 0.29) is 10.8 Å². The fourth-order valence-electron chi connectivity index (χ4n) is 1.84. The van der Waals surface area contributed by atoms with Crippen LogP contribution in [0.1, 0.15) is 6.92 Å². The van der Waals surface area contributed by atoms with E-state index in [0.717, 1.165) is 11.8 Å². The number of imidazole rings is 1. The minimum absolute atomic E-state index is 0.0137. The van der Waals surface area contributed by atoms with E-state index < -0.39 is 11.8 Å². The van der Waals surface area contributed by atoms with E-state index in [4.69, 9.17) is 16.7 Å². The van der Waals surface area contributed by atoms with Crippen LogP contribution in [0.2, 0.25) is 5.02 Å². The Morgan fingerprint density at radius 2 is 2.29 bits per heavy atom. The molecule has 0 spiro atoms. The Morgan fingerprint density at radius 3 is 2.90 bits per heavy atom. The number of halogens is 2. The zero-order valence-corrected chi connectivity index (χ0v) is 13.9. The van der Waals surface area contributed by atoms with E-state index in [1.165, 1.54) is 12.1 Å². The van der Waals surface area contributed by atoms with Gasteiger partial charge in [-0.05, 0) is 12.3 Å². The molecule has 8 heteroatoms. The fraction of sp³-hybridized carbons (Fsp3) is 0.385. The van der Waals surface area contributed by atoms with Crippen molar-refractivity contribution in [3.63, 3.8) is 0 Å². The van der Waals surface area contributed by atoms with Crippen molar-refractivity contribution in [1.82, 2.24) is 9.55 Å². The number of aliphatic carboxylic acids is 1. The fourth-order valence-corrected chi connectivity index (χ4v) is 3.04. The Bertz CT molecular complexity index is 678. The number of fused-ring (bicyclic) bond motifs is 1. The van der Waals surface area contributed by atoms with Gasteiger partial charge in [-0.15, -0.1) is 0 Å². The van der Waals surface area contributed by atoms with Crippen LogP contribution in [0.4, 0.5) is 4.39 Å². The van der Waals surface area contributed by atoms with E-state index in [1.54, 1.807) is 11.8 Å². The number of benzene rings is 1. The number of hydrogen-bond donors (Lipinski definition) is 1. The molecular weight excluding hydrogens is 335 g/mol. The maximum absolute atomic E-state index is 13.7. The quantitative estimate of drug-likeness (QED) is 0.805. The highest BCUT2D eigenvalue weighted by Crippen LogP contribution is 2.29. The van der Waals surface area contributed by atoms with Crippen molar-refractivity contribution >= 4 is 52.1 Å². The molecule has 1 unspecified atom stereocenters. The number of nitrogens with zero attached hydrogens (tertiary/aromatic N) is 2. The number of rotatable bonds is 6. The zero-order chi connectivity index (χ0) is 15.6. The van der Waals surface area contributed by atoms with Crippen LogP contribution in [0, 0.1) is 5.82 Å². The predicted molar refractivity (Wildman–Crippen MR) is 86.0 cm³/mol. The molecule has 2 aromatic rings. The van der Waals surface area contributed by atoms with Crippen molar-refractivity contribution < 1.29 is 14.3 Å². The first-order valence-corrected chi connectivity index (χ1v) is 8.80. The summed E-state index contributed by atoms with van der Waals surface area (Å²) in [6, 6.07) is 2.82. The lowest BCUT2D eigenvalue weighted by Gasteiger charge is -2.12. The van der Waals surface area contributed by atoms with Gasteiger partial charge in [0.05, 0.1) is 21.8 Å². The Hall–Kier alpha value is -0.920. The van der Waals surface area contributed by atoms with E-state index in [1.807, 2.05) is 10.8 Å². The lowest BCUT2D eigenvalue weighted by molar-refractivity contribution is -0.133. The summed E-state index contributed by atoms with van der Waals surface area (Å²) in [5.74, 6) is -1.51. The summed E-state index contributed by atoms with van der Waals surface area (Å²) in [6.45, 7) is 2.68. The van der Waals surface area contributed by atoms with Gasteiger partial charge in [-0.1, -0.05) is 30.3 Å². The van der Waals surface area contributed by atoms with E-state index in [0.29, 0.717) is 28.0 Å². The first-order chi connectivity index (χ1) is 9.92. The molecule has 0 saturated heterocycles. The van der Waals surface area contributed by atoms with Crippen LogP contribution in [0.3, 0.4) is 0 Å². The molecule has 4 nitrogen and oxygen atoms in total. The van der Waals surface area contributed by atoms with Crippen LogP contribution >= 0.6 is 35.1 Å². The molecule has 114 valence electrons. The molecular formula is C13H14ClFN2O2S2. The molecule has 1 heterocycles. The van der Waals surface area contributed by atoms with Gasteiger partial charge in [0, 0.05) is 17.9 Å². The van der Waals surface area contributed by atoms with Gasteiger partial charge in [-0.2, -0.15) is 11.8 Å². The Kier molecular flexibility index (Phi) is 5.40. The summed E-state index contributed by atoms with van der Waals surface area (Å²) in [7, 11) is 0. The molecule has 0 radical (unpaired) electrons. The van der Waals surface area contributed by atoms with Crippen LogP contribution in [-0.2, 0) is 11.3 Å². The average molecular weight is 349 g/mol. The highest BCUT2D eigenvalue weighted by molar-refractivity contribution is 7.99. The van der Waals surface area contributed by atoms with Crippen molar-refractivity contribution in [1.29, 1.82) is 0 Å². The second-order valence-electron chi connectivity index (χ2n) is 4.49. The molecule has 0 bridgehead atoms. The SMILES string of the molecule is CSC(C)Cn1c(SCC(=O)O)nc2cc(Cl)c(F)cc21. The lowest BCUT2D eigenvalue weighted by atomic mass is 10.3. The summed E-state index contributed by atoms with van der Waals surface area (Å²) in [5.41, 5.74) is 1.20. The summed E-state index contributed by atoms with van der Waals surface area (Å²) in [5, 5.41) is 9.69. The van der Waals surface area contributed by atoms with Crippen LogP contribution in [0.15, 0.2) is 17.3 Å². The molecule has 0 fully saturated rings. The molecule has 0 amide bonds. The highest BCUT2D eigenvalue weighted by Gasteiger charge is 2.16. The van der Waals surface area contributed by atoms with Crippen molar-refractivity contribution in [2.45, 2.75) is 23.9 Å². The molecule has 0 saturated carbocycles. The average Bonchev–Trinajstić information content (AvgIpc) is 2.74. The van der Waals surface area contributed by atoms with Crippen molar-refractivity contribution in [2.75, 3.05) is 12.0 Å². The Balaban J connectivity index is 2.48. The molecule has 2 rings (SSSR count). The molecule has 1 atom stereocenters. The number of thioether (sulfide) groups is 2. The molecule has 0 aliphatic carbocycles. The summed E-state index contributed by atoms with van der Waals surface area (Å²) in [6.07, 6.45) is 1.99. The third-order valence-corrected chi connectivity index (χ3v) is 5.13. The number of carbonyl (C=O) groups is 1. The van der Waals surface area contributed by atoms with Gasteiger partial charge in [0.25, 0.3) is 0 Å². The third kappa shape index (κ3) is 3.84. The van der Waals surface area contributed by atoms with Crippen molar-refractivity contribution in [2.24, 2.45) is 0 Å². The number of carboxylic acids is 1. The first-order valence-electron chi connectivity index (χ1n) is 6.15.